The molecule has 1 unspecified atom stereocenters. The standard InChI is InChI=1S/C20H15Cl2N3O3S2/c1-10(24-25-20(29)23-13-4-2-3-12(7-13)19(27)28)14-9-30-18(17(14)26)11-5-6-15(21)16(22)8-11/h2-9,18H,1H3,(H,27,28)(H2,23,25,29)/b24-10+. The van der Waals surface area contributed by atoms with E-state index in [-0.39, 0.29) is 16.5 Å². The normalized spacial score (nSPS) is 16.2. The van der Waals surface area contributed by atoms with Crippen molar-refractivity contribution in [1.82, 2.24) is 5.43 Å². The maximum absolute atomic E-state index is 12.8. The predicted octanol–water partition coefficient (Wildman–Crippen LogP) is 5.30. The first kappa shape index (κ1) is 22.3. The van der Waals surface area contributed by atoms with Crippen molar-refractivity contribution in [3.05, 3.63) is 74.6 Å². The van der Waals surface area contributed by atoms with Gasteiger partial charge in [0.25, 0.3) is 0 Å². The number of hydrogen-bond donors (Lipinski definition) is 3. The van der Waals surface area contributed by atoms with Crippen LogP contribution >= 0.6 is 47.2 Å². The Morgan fingerprint density at radius 1 is 1.20 bits per heavy atom. The molecule has 2 aromatic carbocycles. The van der Waals surface area contributed by atoms with E-state index in [1.54, 1.807) is 42.7 Å². The molecule has 0 spiro atoms. The molecule has 1 heterocycles. The average molecular weight is 480 g/mol. The van der Waals surface area contributed by atoms with Gasteiger partial charge in [-0.3, -0.25) is 10.2 Å². The summed E-state index contributed by atoms with van der Waals surface area (Å²) >= 11 is 18.6. The molecular formula is C20H15Cl2N3O3S2. The Morgan fingerprint density at radius 2 is 1.97 bits per heavy atom. The summed E-state index contributed by atoms with van der Waals surface area (Å²) in [6, 6.07) is 11.3. The highest BCUT2D eigenvalue weighted by atomic mass is 35.5. The first-order valence-electron chi connectivity index (χ1n) is 8.56. The maximum Gasteiger partial charge on any atom is 0.335 e. The molecule has 0 amide bonds. The SMILES string of the molecule is C/C(=N\NC(=S)Nc1cccc(C(=O)O)c1)C1=CSC(c2ccc(Cl)c(Cl)c2)C1=O. The summed E-state index contributed by atoms with van der Waals surface area (Å²) in [4.78, 5) is 23.8. The number of carbonyl (C=O) groups excluding carboxylic acids is 1. The van der Waals surface area contributed by atoms with E-state index in [4.69, 9.17) is 40.5 Å². The van der Waals surface area contributed by atoms with Gasteiger partial charge in [0.15, 0.2) is 10.9 Å². The van der Waals surface area contributed by atoms with Crippen LogP contribution in [-0.4, -0.2) is 27.7 Å². The molecule has 3 rings (SSSR count). The Balaban J connectivity index is 1.63. The number of nitrogens with zero attached hydrogens (tertiary/aromatic N) is 1. The minimum absolute atomic E-state index is 0.0884. The summed E-state index contributed by atoms with van der Waals surface area (Å²) in [6.07, 6.45) is 0. The molecule has 6 nitrogen and oxygen atoms in total. The second kappa shape index (κ2) is 9.61. The lowest BCUT2D eigenvalue weighted by Gasteiger charge is -2.11. The van der Waals surface area contributed by atoms with Crippen LogP contribution in [-0.2, 0) is 4.79 Å². The minimum Gasteiger partial charge on any atom is -0.478 e. The molecule has 1 aliphatic heterocycles. The molecule has 0 aromatic heterocycles. The third kappa shape index (κ3) is 5.20. The number of thiocarbonyl (C=S) groups is 1. The number of aromatic carboxylic acids is 1. The van der Waals surface area contributed by atoms with Crippen LogP contribution < -0.4 is 10.7 Å². The number of carboxylic acids is 1. The molecule has 10 heteroatoms. The Bertz CT molecular complexity index is 1100. The van der Waals surface area contributed by atoms with Gasteiger partial charge in [-0.2, -0.15) is 5.10 Å². The Kier molecular flexibility index (Phi) is 7.14. The van der Waals surface area contributed by atoms with E-state index >= 15 is 0 Å². The van der Waals surface area contributed by atoms with Gasteiger partial charge < -0.3 is 10.4 Å². The van der Waals surface area contributed by atoms with Crippen molar-refractivity contribution in [2.24, 2.45) is 5.10 Å². The fourth-order valence-electron chi connectivity index (χ4n) is 2.65. The number of anilines is 1. The summed E-state index contributed by atoms with van der Waals surface area (Å²) in [6.45, 7) is 1.70. The van der Waals surface area contributed by atoms with E-state index in [1.807, 2.05) is 0 Å². The first-order valence-corrected chi connectivity index (χ1v) is 10.7. The summed E-state index contributed by atoms with van der Waals surface area (Å²) < 4.78 is 0. The van der Waals surface area contributed by atoms with Crippen LogP contribution in [0.15, 0.2) is 58.5 Å². The number of Topliss-reactive ketones (excluding diaryl/α,β-unsaturated/α-hetero) is 1. The molecule has 0 bridgehead atoms. The third-order valence-corrected chi connectivity index (χ3v) is 6.22. The summed E-state index contributed by atoms with van der Waals surface area (Å²) in [7, 11) is 0. The van der Waals surface area contributed by atoms with Gasteiger partial charge >= 0.3 is 5.97 Å². The fraction of sp³-hybridized carbons (Fsp3) is 0.100. The Hall–Kier alpha value is -2.39. The molecular weight excluding hydrogens is 465 g/mol. The van der Waals surface area contributed by atoms with E-state index in [0.29, 0.717) is 27.0 Å². The molecule has 30 heavy (non-hydrogen) atoms. The van der Waals surface area contributed by atoms with Crippen molar-refractivity contribution in [3.63, 3.8) is 0 Å². The predicted molar refractivity (Wildman–Crippen MR) is 126 cm³/mol. The van der Waals surface area contributed by atoms with Gasteiger partial charge in [-0.05, 0) is 60.4 Å². The van der Waals surface area contributed by atoms with Gasteiger partial charge in [0.05, 0.1) is 26.6 Å². The number of carboxylic acid groups (broad SMARTS) is 1. The number of carbonyl (C=O) groups is 2. The number of hydrazone groups is 1. The zero-order valence-electron chi connectivity index (χ0n) is 15.5. The van der Waals surface area contributed by atoms with Crippen LogP contribution in [0.25, 0.3) is 0 Å². The van der Waals surface area contributed by atoms with Crippen LogP contribution in [0.4, 0.5) is 5.69 Å². The molecule has 2 aromatic rings. The highest BCUT2D eigenvalue weighted by Gasteiger charge is 2.31. The highest BCUT2D eigenvalue weighted by molar-refractivity contribution is 8.03. The van der Waals surface area contributed by atoms with Crippen molar-refractivity contribution in [2.75, 3.05) is 5.32 Å². The molecule has 0 saturated heterocycles. The van der Waals surface area contributed by atoms with Crippen molar-refractivity contribution >= 4 is 75.4 Å². The van der Waals surface area contributed by atoms with Crippen LogP contribution in [0.5, 0.6) is 0 Å². The first-order chi connectivity index (χ1) is 14.3. The number of benzene rings is 2. The monoisotopic (exact) mass is 479 g/mol. The van der Waals surface area contributed by atoms with Crippen molar-refractivity contribution < 1.29 is 14.7 Å². The summed E-state index contributed by atoms with van der Waals surface area (Å²) in [5.74, 6) is -1.12. The van der Waals surface area contributed by atoms with E-state index in [2.05, 4.69) is 15.8 Å². The van der Waals surface area contributed by atoms with Crippen LogP contribution in [0.3, 0.4) is 0 Å². The van der Waals surface area contributed by atoms with Gasteiger partial charge in [-0.25, -0.2) is 4.79 Å². The van der Waals surface area contributed by atoms with E-state index in [1.165, 1.54) is 23.9 Å². The molecule has 1 aliphatic rings. The fourth-order valence-corrected chi connectivity index (χ4v) is 4.23. The third-order valence-electron chi connectivity index (χ3n) is 4.15. The maximum atomic E-state index is 12.8. The second-order valence-electron chi connectivity index (χ2n) is 6.23. The van der Waals surface area contributed by atoms with Crippen LogP contribution in [0.1, 0.15) is 28.1 Å². The number of thioether (sulfide) groups is 1. The molecule has 0 fully saturated rings. The van der Waals surface area contributed by atoms with E-state index < -0.39 is 11.2 Å². The minimum atomic E-state index is -1.04. The van der Waals surface area contributed by atoms with Crippen molar-refractivity contribution in [3.8, 4) is 0 Å². The van der Waals surface area contributed by atoms with Gasteiger partial charge in [-0.1, -0.05) is 35.3 Å². The molecule has 0 radical (unpaired) electrons. The highest BCUT2D eigenvalue weighted by Crippen LogP contribution is 2.41. The number of allylic oxidation sites excluding steroid dienone is 1. The number of ketones is 1. The smallest absolute Gasteiger partial charge is 0.335 e. The largest absolute Gasteiger partial charge is 0.478 e. The van der Waals surface area contributed by atoms with Gasteiger partial charge in [0, 0.05) is 11.3 Å². The summed E-state index contributed by atoms with van der Waals surface area (Å²) in [5, 5.41) is 18.4. The van der Waals surface area contributed by atoms with Gasteiger partial charge in [0.1, 0.15) is 0 Å². The number of nitrogens with one attached hydrogen (secondary N) is 2. The Morgan fingerprint density at radius 3 is 2.67 bits per heavy atom. The lowest BCUT2D eigenvalue weighted by Crippen LogP contribution is -2.25. The number of rotatable bonds is 5. The zero-order valence-corrected chi connectivity index (χ0v) is 18.6. The van der Waals surface area contributed by atoms with Crippen molar-refractivity contribution in [1.29, 1.82) is 0 Å². The molecule has 3 N–H and O–H groups in total. The molecule has 1 atom stereocenters. The van der Waals surface area contributed by atoms with E-state index in [9.17, 15) is 9.59 Å². The van der Waals surface area contributed by atoms with Crippen molar-refractivity contribution in [2.45, 2.75) is 12.2 Å². The van der Waals surface area contributed by atoms with Gasteiger partial charge in [-0.15, -0.1) is 11.8 Å². The lowest BCUT2D eigenvalue weighted by atomic mass is 10.0. The average Bonchev–Trinajstić information content (AvgIpc) is 3.10. The number of hydrogen-bond acceptors (Lipinski definition) is 5. The molecule has 0 aliphatic carbocycles. The number of halogens is 2. The topological polar surface area (TPSA) is 90.8 Å². The zero-order chi connectivity index (χ0) is 21.8. The Labute approximate surface area is 192 Å². The van der Waals surface area contributed by atoms with Gasteiger partial charge in [0.2, 0.25) is 0 Å². The summed E-state index contributed by atoms with van der Waals surface area (Å²) in [5.41, 5.74) is 5.02. The quantitative estimate of drug-likeness (QED) is 0.304. The van der Waals surface area contributed by atoms with Crippen LogP contribution in [0, 0.1) is 0 Å². The second-order valence-corrected chi connectivity index (χ2v) is 8.44. The van der Waals surface area contributed by atoms with E-state index in [0.717, 1.165) is 5.56 Å². The lowest BCUT2D eigenvalue weighted by molar-refractivity contribution is -0.114. The molecule has 0 saturated carbocycles. The van der Waals surface area contributed by atoms with Crippen LogP contribution in [0.2, 0.25) is 10.0 Å². The molecule has 154 valence electrons.